The maximum atomic E-state index is 11.7. The van der Waals surface area contributed by atoms with Gasteiger partial charge in [0.15, 0.2) is 6.10 Å². The number of nitrogens with two attached hydrogens (primary N) is 1. The summed E-state index contributed by atoms with van der Waals surface area (Å²) in [6.07, 6.45) is -1.12. The molecule has 1 aliphatic heterocycles. The zero-order valence-electron chi connectivity index (χ0n) is 11.3. The number of rotatable bonds is 5. The molecule has 1 rings (SSSR count). The number of nitrogens with zero attached hydrogens (tertiary/aromatic N) is 1. The summed E-state index contributed by atoms with van der Waals surface area (Å²) in [5.74, 6) is -1.17. The number of carbonyl (C=O) groups is 4. The molecule has 3 N–H and O–H groups in total. The summed E-state index contributed by atoms with van der Waals surface area (Å²) >= 11 is 1.13. The lowest BCUT2D eigenvalue weighted by Crippen LogP contribution is -2.46. The molecule has 20 heavy (non-hydrogen) atoms. The molecule has 9 heteroatoms. The van der Waals surface area contributed by atoms with E-state index < -0.39 is 24.0 Å². The van der Waals surface area contributed by atoms with Crippen LogP contribution < -0.4 is 11.1 Å². The topological polar surface area (TPSA) is 119 Å². The summed E-state index contributed by atoms with van der Waals surface area (Å²) in [5.41, 5.74) is 4.85. The van der Waals surface area contributed by atoms with E-state index in [1.807, 2.05) is 5.32 Å². The van der Waals surface area contributed by atoms with Crippen molar-refractivity contribution in [2.45, 2.75) is 20.0 Å². The lowest BCUT2D eigenvalue weighted by Gasteiger charge is -2.21. The molecule has 1 aliphatic rings. The van der Waals surface area contributed by atoms with Crippen molar-refractivity contribution in [3.8, 4) is 0 Å². The van der Waals surface area contributed by atoms with Gasteiger partial charge >= 0.3 is 12.0 Å². The van der Waals surface area contributed by atoms with E-state index in [1.165, 1.54) is 4.90 Å². The fraction of sp³-hybridized carbons (Fsp3) is 0.636. The summed E-state index contributed by atoms with van der Waals surface area (Å²) < 4.78 is 5.02. The molecule has 1 heterocycles. The SMILES string of the molecule is CC(C)[C@@H](OC(=O)CN1CCSC1=O)C(=O)NC(N)=O. The largest absolute Gasteiger partial charge is 0.451 e. The Kier molecular flexibility index (Phi) is 5.81. The van der Waals surface area contributed by atoms with E-state index in [4.69, 9.17) is 10.5 Å². The molecule has 1 saturated heterocycles. The third-order valence-corrected chi connectivity index (χ3v) is 3.43. The van der Waals surface area contributed by atoms with Crippen LogP contribution >= 0.6 is 11.8 Å². The summed E-state index contributed by atoms with van der Waals surface area (Å²) in [4.78, 5) is 46.7. The number of carbonyl (C=O) groups excluding carboxylic acids is 4. The van der Waals surface area contributed by atoms with Gasteiger partial charge in [0.25, 0.3) is 11.1 Å². The van der Waals surface area contributed by atoms with E-state index in [2.05, 4.69) is 0 Å². The first-order valence-corrected chi connectivity index (χ1v) is 7.01. The van der Waals surface area contributed by atoms with Crippen LogP contribution in [0.4, 0.5) is 9.59 Å². The molecule has 1 atom stereocenters. The molecule has 112 valence electrons. The highest BCUT2D eigenvalue weighted by Crippen LogP contribution is 2.17. The maximum absolute atomic E-state index is 11.7. The van der Waals surface area contributed by atoms with Gasteiger partial charge in [-0.2, -0.15) is 0 Å². The Balaban J connectivity index is 2.56. The van der Waals surface area contributed by atoms with Gasteiger partial charge in [-0.15, -0.1) is 0 Å². The predicted molar refractivity (Wildman–Crippen MR) is 71.9 cm³/mol. The Morgan fingerprint density at radius 2 is 2.10 bits per heavy atom. The van der Waals surface area contributed by atoms with Crippen molar-refractivity contribution in [3.63, 3.8) is 0 Å². The van der Waals surface area contributed by atoms with Gasteiger partial charge in [-0.05, 0) is 5.92 Å². The molecule has 0 aliphatic carbocycles. The summed E-state index contributed by atoms with van der Waals surface area (Å²) in [7, 11) is 0. The molecule has 0 radical (unpaired) electrons. The number of nitrogens with one attached hydrogen (secondary N) is 1. The summed E-state index contributed by atoms with van der Waals surface area (Å²) in [6, 6.07) is -1.01. The number of primary amides is 1. The summed E-state index contributed by atoms with van der Waals surface area (Å²) in [6.45, 7) is 3.59. The number of imide groups is 1. The fourth-order valence-corrected chi connectivity index (χ4v) is 2.41. The highest BCUT2D eigenvalue weighted by molar-refractivity contribution is 8.13. The smallest absolute Gasteiger partial charge is 0.326 e. The molecule has 0 unspecified atom stereocenters. The van der Waals surface area contributed by atoms with Crippen molar-refractivity contribution in [2.75, 3.05) is 18.8 Å². The standard InChI is InChI=1S/C11H17N3O5S/c1-6(2)8(9(16)13-10(12)17)19-7(15)5-14-3-4-20-11(14)18/h6,8H,3-5H2,1-2H3,(H3,12,13,16,17)/t8-/m1/s1. The second kappa shape index (κ2) is 7.13. The Hall–Kier alpha value is -1.77. The molecule has 0 spiro atoms. The lowest BCUT2D eigenvalue weighted by molar-refractivity contribution is -0.158. The van der Waals surface area contributed by atoms with Crippen molar-refractivity contribution < 1.29 is 23.9 Å². The van der Waals surface area contributed by atoms with E-state index in [9.17, 15) is 19.2 Å². The molecule has 8 nitrogen and oxygen atoms in total. The minimum Gasteiger partial charge on any atom is -0.451 e. The molecular weight excluding hydrogens is 286 g/mol. The second-order valence-corrected chi connectivity index (χ2v) is 5.59. The van der Waals surface area contributed by atoms with Gasteiger partial charge < -0.3 is 15.4 Å². The van der Waals surface area contributed by atoms with Crippen LogP contribution in [0.3, 0.4) is 0 Å². The highest BCUT2D eigenvalue weighted by Gasteiger charge is 2.30. The zero-order chi connectivity index (χ0) is 15.3. The van der Waals surface area contributed by atoms with Crippen LogP contribution in [0, 0.1) is 5.92 Å². The number of esters is 1. The van der Waals surface area contributed by atoms with Gasteiger partial charge in [0.05, 0.1) is 0 Å². The van der Waals surface area contributed by atoms with Crippen molar-refractivity contribution in [1.82, 2.24) is 10.2 Å². The fourth-order valence-electron chi connectivity index (χ4n) is 1.59. The molecule has 0 aromatic carbocycles. The Bertz CT molecular complexity index is 426. The van der Waals surface area contributed by atoms with Crippen LogP contribution in [0.25, 0.3) is 0 Å². The normalized spacial score (nSPS) is 16.1. The van der Waals surface area contributed by atoms with E-state index in [0.717, 1.165) is 11.8 Å². The first-order chi connectivity index (χ1) is 9.31. The number of hydrogen-bond donors (Lipinski definition) is 2. The number of thioether (sulfide) groups is 1. The van der Waals surface area contributed by atoms with Crippen molar-refractivity contribution in [3.05, 3.63) is 0 Å². The van der Waals surface area contributed by atoms with Gasteiger partial charge in [-0.25, -0.2) is 4.79 Å². The van der Waals surface area contributed by atoms with E-state index in [0.29, 0.717) is 12.3 Å². The first-order valence-electron chi connectivity index (χ1n) is 6.02. The predicted octanol–water partition coefficient (Wildman–Crippen LogP) is -0.0821. The molecular formula is C11H17N3O5S. The van der Waals surface area contributed by atoms with Crippen molar-refractivity contribution in [1.29, 1.82) is 0 Å². The van der Waals surface area contributed by atoms with E-state index in [-0.39, 0.29) is 17.7 Å². The van der Waals surface area contributed by atoms with Gasteiger partial charge in [0.2, 0.25) is 0 Å². The molecule has 0 saturated carbocycles. The van der Waals surface area contributed by atoms with Crippen LogP contribution in [-0.4, -0.2) is 53.0 Å². The van der Waals surface area contributed by atoms with Gasteiger partial charge in [0, 0.05) is 12.3 Å². The highest BCUT2D eigenvalue weighted by atomic mass is 32.2. The number of amides is 4. The number of ether oxygens (including phenoxy) is 1. The van der Waals surface area contributed by atoms with Crippen LogP contribution in [0.5, 0.6) is 0 Å². The van der Waals surface area contributed by atoms with Gasteiger partial charge in [-0.1, -0.05) is 25.6 Å². The van der Waals surface area contributed by atoms with Gasteiger partial charge in [-0.3, -0.25) is 19.7 Å². The van der Waals surface area contributed by atoms with Crippen LogP contribution in [0.1, 0.15) is 13.8 Å². The molecule has 0 aromatic heterocycles. The Morgan fingerprint density at radius 1 is 1.45 bits per heavy atom. The third kappa shape index (κ3) is 4.72. The molecule has 0 bridgehead atoms. The molecule has 1 fully saturated rings. The monoisotopic (exact) mass is 303 g/mol. The third-order valence-electron chi connectivity index (χ3n) is 2.53. The van der Waals surface area contributed by atoms with Crippen LogP contribution in [-0.2, 0) is 14.3 Å². The minimum atomic E-state index is -1.12. The van der Waals surface area contributed by atoms with Gasteiger partial charge in [0.1, 0.15) is 6.54 Å². The lowest BCUT2D eigenvalue weighted by atomic mass is 10.1. The van der Waals surface area contributed by atoms with Crippen LogP contribution in [0.15, 0.2) is 0 Å². The molecule has 0 aromatic rings. The number of hydrogen-bond acceptors (Lipinski definition) is 6. The van der Waals surface area contributed by atoms with Crippen LogP contribution in [0.2, 0.25) is 0 Å². The van der Waals surface area contributed by atoms with Crippen molar-refractivity contribution >= 4 is 34.9 Å². The number of urea groups is 1. The average molecular weight is 303 g/mol. The summed E-state index contributed by atoms with van der Waals surface area (Å²) in [5, 5.41) is 1.68. The average Bonchev–Trinajstić information content (AvgIpc) is 2.70. The second-order valence-electron chi connectivity index (χ2n) is 4.54. The Labute approximate surface area is 120 Å². The molecule has 4 amide bonds. The maximum Gasteiger partial charge on any atom is 0.326 e. The Morgan fingerprint density at radius 3 is 2.55 bits per heavy atom. The van der Waals surface area contributed by atoms with Crippen molar-refractivity contribution in [2.24, 2.45) is 11.7 Å². The minimum absolute atomic E-state index is 0.190. The zero-order valence-corrected chi connectivity index (χ0v) is 12.1. The van der Waals surface area contributed by atoms with E-state index >= 15 is 0 Å². The first kappa shape index (κ1) is 16.3. The quantitative estimate of drug-likeness (QED) is 0.686. The van der Waals surface area contributed by atoms with E-state index in [1.54, 1.807) is 13.8 Å².